The third kappa shape index (κ3) is 3.63. The number of ketones is 1. The van der Waals surface area contributed by atoms with Crippen LogP contribution in [-0.2, 0) is 17.8 Å². The molecule has 0 radical (unpaired) electrons. The first kappa shape index (κ1) is 12.2. The summed E-state index contributed by atoms with van der Waals surface area (Å²) < 4.78 is 0. The summed E-state index contributed by atoms with van der Waals surface area (Å²) in [5.74, 6) is 0.304. The van der Waals surface area contributed by atoms with Crippen molar-refractivity contribution in [2.45, 2.75) is 39.2 Å². The van der Waals surface area contributed by atoms with Gasteiger partial charge in [-0.3, -0.25) is 9.88 Å². The lowest BCUT2D eigenvalue weighted by atomic mass is 10.1. The van der Waals surface area contributed by atoms with Crippen LogP contribution >= 0.6 is 0 Å². The Balaban J connectivity index is 1.76. The Bertz CT molecular complexity index is 390. The van der Waals surface area contributed by atoms with Gasteiger partial charge in [0.1, 0.15) is 5.78 Å². The van der Waals surface area contributed by atoms with Gasteiger partial charge in [0.15, 0.2) is 0 Å². The van der Waals surface area contributed by atoms with E-state index in [1.807, 2.05) is 12.3 Å². The summed E-state index contributed by atoms with van der Waals surface area (Å²) in [6, 6.07) is 4.18. The van der Waals surface area contributed by atoms with E-state index < -0.39 is 0 Å². The van der Waals surface area contributed by atoms with Crippen LogP contribution in [0, 0.1) is 0 Å². The van der Waals surface area contributed by atoms with Gasteiger partial charge in [0, 0.05) is 37.8 Å². The van der Waals surface area contributed by atoms with Crippen molar-refractivity contribution in [2.75, 3.05) is 13.1 Å². The van der Waals surface area contributed by atoms with Crippen LogP contribution in [0.4, 0.5) is 0 Å². The molecule has 17 heavy (non-hydrogen) atoms. The van der Waals surface area contributed by atoms with Gasteiger partial charge in [-0.15, -0.1) is 0 Å². The van der Waals surface area contributed by atoms with Crippen LogP contribution in [0.2, 0.25) is 0 Å². The van der Waals surface area contributed by atoms with Crippen molar-refractivity contribution in [1.82, 2.24) is 9.88 Å². The minimum absolute atomic E-state index is 0.304. The lowest BCUT2D eigenvalue weighted by Gasteiger charge is -2.27. The van der Waals surface area contributed by atoms with Crippen LogP contribution in [0.15, 0.2) is 18.3 Å². The van der Waals surface area contributed by atoms with E-state index >= 15 is 0 Å². The second-order valence-electron chi connectivity index (χ2n) is 4.79. The number of pyridine rings is 1. The highest BCUT2D eigenvalue weighted by atomic mass is 16.1. The first-order chi connectivity index (χ1) is 8.25. The number of rotatable bonds is 5. The molecule has 0 spiro atoms. The predicted molar refractivity (Wildman–Crippen MR) is 67.8 cm³/mol. The average Bonchev–Trinajstić information content (AvgIpc) is 2.34. The number of hydrogen-bond donors (Lipinski definition) is 0. The molecule has 2 rings (SSSR count). The molecule has 0 saturated carbocycles. The standard InChI is InChI=1S/C14H20N2O/c1-12(17)5-2-3-9-16-10-7-14-13(11-16)6-4-8-15-14/h4,6,8H,2-3,5,7,9-11H2,1H3. The summed E-state index contributed by atoms with van der Waals surface area (Å²) in [6.45, 7) is 4.89. The monoisotopic (exact) mass is 232 g/mol. The maximum absolute atomic E-state index is 10.8. The normalized spacial score (nSPS) is 15.6. The van der Waals surface area contributed by atoms with Crippen molar-refractivity contribution in [3.05, 3.63) is 29.6 Å². The van der Waals surface area contributed by atoms with Gasteiger partial charge in [-0.2, -0.15) is 0 Å². The molecule has 0 aliphatic carbocycles. The van der Waals surface area contributed by atoms with Gasteiger partial charge in [-0.05, 0) is 37.9 Å². The molecule has 0 N–H and O–H groups in total. The zero-order valence-corrected chi connectivity index (χ0v) is 10.5. The number of nitrogens with zero attached hydrogens (tertiary/aromatic N) is 2. The van der Waals surface area contributed by atoms with Crippen LogP contribution in [0.3, 0.4) is 0 Å². The van der Waals surface area contributed by atoms with Crippen molar-refractivity contribution < 1.29 is 4.79 Å². The van der Waals surface area contributed by atoms with Crippen molar-refractivity contribution in [2.24, 2.45) is 0 Å². The van der Waals surface area contributed by atoms with E-state index in [2.05, 4.69) is 16.0 Å². The molecule has 0 atom stereocenters. The molecule has 2 heterocycles. The van der Waals surface area contributed by atoms with Gasteiger partial charge in [0.05, 0.1) is 0 Å². The maximum Gasteiger partial charge on any atom is 0.129 e. The zero-order chi connectivity index (χ0) is 12.1. The van der Waals surface area contributed by atoms with Crippen molar-refractivity contribution >= 4 is 5.78 Å². The van der Waals surface area contributed by atoms with Gasteiger partial charge in [-0.1, -0.05) is 6.07 Å². The fourth-order valence-electron chi connectivity index (χ4n) is 2.32. The molecule has 1 aliphatic rings. The Morgan fingerprint density at radius 2 is 2.35 bits per heavy atom. The molecule has 3 nitrogen and oxygen atoms in total. The number of carbonyl (C=O) groups excluding carboxylic acids is 1. The molecule has 0 amide bonds. The topological polar surface area (TPSA) is 33.2 Å². The second-order valence-corrected chi connectivity index (χ2v) is 4.79. The molecule has 3 heteroatoms. The molecule has 1 aromatic rings. The number of Topliss-reactive ketones (excluding diaryl/α,β-unsaturated/α-hetero) is 1. The van der Waals surface area contributed by atoms with E-state index in [0.717, 1.165) is 45.3 Å². The van der Waals surface area contributed by atoms with E-state index in [-0.39, 0.29) is 0 Å². The lowest BCUT2D eigenvalue weighted by molar-refractivity contribution is -0.117. The molecule has 1 aliphatic heterocycles. The van der Waals surface area contributed by atoms with Crippen molar-refractivity contribution in [3.8, 4) is 0 Å². The molecule has 0 aromatic carbocycles. The summed E-state index contributed by atoms with van der Waals surface area (Å²) in [4.78, 5) is 17.7. The Kier molecular flexibility index (Phi) is 4.26. The Hall–Kier alpha value is -1.22. The highest BCUT2D eigenvalue weighted by Gasteiger charge is 2.15. The third-order valence-electron chi connectivity index (χ3n) is 3.30. The van der Waals surface area contributed by atoms with Crippen LogP contribution in [-0.4, -0.2) is 28.8 Å². The first-order valence-corrected chi connectivity index (χ1v) is 6.40. The van der Waals surface area contributed by atoms with E-state index in [1.165, 1.54) is 11.3 Å². The molecule has 0 unspecified atom stereocenters. The van der Waals surface area contributed by atoms with Gasteiger partial charge >= 0.3 is 0 Å². The number of unbranched alkanes of at least 4 members (excludes halogenated alkanes) is 1. The number of aromatic nitrogens is 1. The fraction of sp³-hybridized carbons (Fsp3) is 0.571. The maximum atomic E-state index is 10.8. The Labute approximate surface area is 103 Å². The summed E-state index contributed by atoms with van der Waals surface area (Å²) in [5.41, 5.74) is 2.62. The molecule has 0 bridgehead atoms. The number of carbonyl (C=O) groups is 1. The molecule has 1 aromatic heterocycles. The highest BCUT2D eigenvalue weighted by Crippen LogP contribution is 2.16. The van der Waals surface area contributed by atoms with E-state index in [1.54, 1.807) is 6.92 Å². The summed E-state index contributed by atoms with van der Waals surface area (Å²) in [7, 11) is 0. The summed E-state index contributed by atoms with van der Waals surface area (Å²) in [5, 5.41) is 0. The number of fused-ring (bicyclic) bond motifs is 1. The summed E-state index contributed by atoms with van der Waals surface area (Å²) in [6.07, 6.45) is 5.80. The minimum Gasteiger partial charge on any atom is -0.300 e. The van der Waals surface area contributed by atoms with E-state index in [4.69, 9.17) is 0 Å². The van der Waals surface area contributed by atoms with Gasteiger partial charge in [0.2, 0.25) is 0 Å². The van der Waals surface area contributed by atoms with E-state index in [9.17, 15) is 4.79 Å². The van der Waals surface area contributed by atoms with Gasteiger partial charge in [0.25, 0.3) is 0 Å². The van der Waals surface area contributed by atoms with Gasteiger partial charge in [-0.25, -0.2) is 0 Å². The Morgan fingerprint density at radius 1 is 1.47 bits per heavy atom. The predicted octanol–water partition coefficient (Wildman–Crippen LogP) is 2.20. The van der Waals surface area contributed by atoms with Crippen LogP contribution < -0.4 is 0 Å². The number of hydrogen-bond acceptors (Lipinski definition) is 3. The van der Waals surface area contributed by atoms with Crippen LogP contribution in [0.1, 0.15) is 37.4 Å². The van der Waals surface area contributed by atoms with Crippen LogP contribution in [0.5, 0.6) is 0 Å². The first-order valence-electron chi connectivity index (χ1n) is 6.40. The SMILES string of the molecule is CC(=O)CCCCN1CCc2ncccc2C1. The minimum atomic E-state index is 0.304. The quantitative estimate of drug-likeness (QED) is 0.730. The lowest BCUT2D eigenvalue weighted by Crippen LogP contribution is -2.31. The van der Waals surface area contributed by atoms with E-state index in [0.29, 0.717) is 5.78 Å². The molecule has 92 valence electrons. The smallest absolute Gasteiger partial charge is 0.129 e. The molecule has 0 saturated heterocycles. The average molecular weight is 232 g/mol. The van der Waals surface area contributed by atoms with Crippen molar-refractivity contribution in [3.63, 3.8) is 0 Å². The largest absolute Gasteiger partial charge is 0.300 e. The fourth-order valence-corrected chi connectivity index (χ4v) is 2.32. The molecular formula is C14H20N2O. The molecule has 0 fully saturated rings. The highest BCUT2D eigenvalue weighted by molar-refractivity contribution is 5.75. The van der Waals surface area contributed by atoms with Crippen LogP contribution in [0.25, 0.3) is 0 Å². The Morgan fingerprint density at radius 3 is 3.18 bits per heavy atom. The van der Waals surface area contributed by atoms with Crippen molar-refractivity contribution in [1.29, 1.82) is 0 Å². The second kappa shape index (κ2) is 5.92. The van der Waals surface area contributed by atoms with Gasteiger partial charge < -0.3 is 4.79 Å². The zero-order valence-electron chi connectivity index (χ0n) is 10.5. The summed E-state index contributed by atoms with van der Waals surface area (Å²) >= 11 is 0. The third-order valence-corrected chi connectivity index (χ3v) is 3.30. The molecular weight excluding hydrogens is 212 g/mol.